The highest BCUT2D eigenvalue weighted by Crippen LogP contribution is 2.26. The number of benzene rings is 1. The van der Waals surface area contributed by atoms with E-state index in [1.165, 1.54) is 6.07 Å². The summed E-state index contributed by atoms with van der Waals surface area (Å²) in [5, 5.41) is 3.15. The maximum atomic E-state index is 13.3. The van der Waals surface area contributed by atoms with Gasteiger partial charge >= 0.3 is 6.03 Å². The standard InChI is InChI=1S/C18H24ClFN2O3/c1-2-15(16-4-3-8-24-16)21-18(23)22-7-9-25-17(11-22)12-5-6-14(20)13(19)10-12/h5-6,10,15-17H,2-4,7-9,11H2,1H3,(H,21,23). The van der Waals surface area contributed by atoms with Gasteiger partial charge in [-0.3, -0.25) is 0 Å². The summed E-state index contributed by atoms with van der Waals surface area (Å²) in [7, 11) is 0. The summed E-state index contributed by atoms with van der Waals surface area (Å²) < 4.78 is 24.8. The lowest BCUT2D eigenvalue weighted by molar-refractivity contribution is -0.0168. The van der Waals surface area contributed by atoms with Gasteiger partial charge in [-0.2, -0.15) is 0 Å². The van der Waals surface area contributed by atoms with Gasteiger partial charge in [0.2, 0.25) is 0 Å². The zero-order valence-corrected chi connectivity index (χ0v) is 15.1. The highest BCUT2D eigenvalue weighted by Gasteiger charge is 2.30. The zero-order chi connectivity index (χ0) is 17.8. The van der Waals surface area contributed by atoms with E-state index in [9.17, 15) is 9.18 Å². The first-order chi connectivity index (χ1) is 12.1. The van der Waals surface area contributed by atoms with E-state index in [-0.39, 0.29) is 29.3 Å². The molecule has 3 rings (SSSR count). The second-order valence-electron chi connectivity index (χ2n) is 6.49. The third-order valence-corrected chi connectivity index (χ3v) is 5.12. The van der Waals surface area contributed by atoms with Gasteiger partial charge in [-0.1, -0.05) is 24.6 Å². The van der Waals surface area contributed by atoms with E-state index >= 15 is 0 Å². The van der Waals surface area contributed by atoms with Crippen molar-refractivity contribution >= 4 is 17.6 Å². The Morgan fingerprint density at radius 2 is 2.28 bits per heavy atom. The van der Waals surface area contributed by atoms with Crippen molar-refractivity contribution in [3.63, 3.8) is 0 Å². The molecule has 2 saturated heterocycles. The number of urea groups is 1. The molecule has 25 heavy (non-hydrogen) atoms. The van der Waals surface area contributed by atoms with E-state index in [2.05, 4.69) is 12.2 Å². The minimum atomic E-state index is -0.460. The molecule has 2 aliphatic heterocycles. The van der Waals surface area contributed by atoms with Crippen LogP contribution < -0.4 is 5.32 Å². The SMILES string of the molecule is CCC(NC(=O)N1CCOC(c2ccc(F)c(Cl)c2)C1)C1CCCO1. The lowest BCUT2D eigenvalue weighted by Crippen LogP contribution is -2.52. The highest BCUT2D eigenvalue weighted by atomic mass is 35.5. The van der Waals surface area contributed by atoms with Gasteiger partial charge in [0.15, 0.2) is 0 Å². The van der Waals surface area contributed by atoms with E-state index in [0.29, 0.717) is 19.7 Å². The Hall–Kier alpha value is -1.37. The summed E-state index contributed by atoms with van der Waals surface area (Å²) in [5.74, 6) is -0.460. The normalized spacial score (nSPS) is 25.0. The Labute approximate surface area is 152 Å². The van der Waals surface area contributed by atoms with Gasteiger partial charge in [-0.25, -0.2) is 9.18 Å². The van der Waals surface area contributed by atoms with Gasteiger partial charge in [-0.05, 0) is 37.0 Å². The lowest BCUT2D eigenvalue weighted by Gasteiger charge is -2.35. The molecule has 2 heterocycles. The molecule has 3 atom stereocenters. The molecular formula is C18H24ClFN2O3. The maximum Gasteiger partial charge on any atom is 0.317 e. The summed E-state index contributed by atoms with van der Waals surface area (Å²) in [6, 6.07) is 4.45. The summed E-state index contributed by atoms with van der Waals surface area (Å²) in [6.45, 7) is 4.19. The van der Waals surface area contributed by atoms with E-state index in [1.807, 2.05) is 0 Å². The van der Waals surface area contributed by atoms with Gasteiger partial charge in [0.05, 0.1) is 30.3 Å². The van der Waals surface area contributed by atoms with Crippen LogP contribution in [-0.4, -0.2) is 49.4 Å². The molecule has 1 N–H and O–H groups in total. The largest absolute Gasteiger partial charge is 0.376 e. The average molecular weight is 371 g/mol. The van der Waals surface area contributed by atoms with Crippen LogP contribution in [0.4, 0.5) is 9.18 Å². The molecule has 3 unspecified atom stereocenters. The fourth-order valence-electron chi connectivity index (χ4n) is 3.38. The van der Waals surface area contributed by atoms with E-state index in [4.69, 9.17) is 21.1 Å². The molecule has 0 aromatic heterocycles. The average Bonchev–Trinajstić information content (AvgIpc) is 3.16. The monoisotopic (exact) mass is 370 g/mol. The van der Waals surface area contributed by atoms with Gasteiger partial charge in [0, 0.05) is 13.2 Å². The Morgan fingerprint density at radius 1 is 1.44 bits per heavy atom. The molecule has 2 fully saturated rings. The molecule has 0 aliphatic carbocycles. The number of carbonyl (C=O) groups is 1. The van der Waals surface area contributed by atoms with Crippen molar-refractivity contribution in [3.8, 4) is 0 Å². The number of amides is 2. The Balaban J connectivity index is 1.61. The maximum absolute atomic E-state index is 13.3. The molecule has 0 radical (unpaired) electrons. The van der Waals surface area contributed by atoms with Gasteiger partial charge in [0.1, 0.15) is 11.9 Å². The third kappa shape index (κ3) is 4.43. The van der Waals surface area contributed by atoms with Gasteiger partial charge < -0.3 is 19.7 Å². The van der Waals surface area contributed by atoms with Crippen molar-refractivity contribution < 1.29 is 18.7 Å². The molecule has 0 spiro atoms. The van der Waals surface area contributed by atoms with Crippen molar-refractivity contribution in [2.24, 2.45) is 0 Å². The third-order valence-electron chi connectivity index (χ3n) is 4.83. The predicted molar refractivity (Wildman–Crippen MR) is 93.3 cm³/mol. The number of ether oxygens (including phenoxy) is 2. The molecular weight excluding hydrogens is 347 g/mol. The summed E-state index contributed by atoms with van der Waals surface area (Å²) >= 11 is 5.85. The minimum absolute atomic E-state index is 0.0246. The van der Waals surface area contributed by atoms with E-state index < -0.39 is 5.82 Å². The molecule has 2 amide bonds. The van der Waals surface area contributed by atoms with Crippen LogP contribution in [0.3, 0.4) is 0 Å². The fraction of sp³-hybridized carbons (Fsp3) is 0.611. The van der Waals surface area contributed by atoms with Crippen LogP contribution in [0, 0.1) is 5.82 Å². The first-order valence-electron chi connectivity index (χ1n) is 8.82. The zero-order valence-electron chi connectivity index (χ0n) is 14.3. The van der Waals surface area contributed by atoms with E-state index in [1.54, 1.807) is 17.0 Å². The number of hydrogen-bond acceptors (Lipinski definition) is 3. The van der Waals surface area contributed by atoms with Crippen LogP contribution in [0.5, 0.6) is 0 Å². The van der Waals surface area contributed by atoms with Crippen LogP contribution >= 0.6 is 11.6 Å². The molecule has 5 nitrogen and oxygen atoms in total. The number of nitrogens with one attached hydrogen (secondary N) is 1. The van der Waals surface area contributed by atoms with Crippen molar-refractivity contribution in [1.29, 1.82) is 0 Å². The summed E-state index contributed by atoms with van der Waals surface area (Å²) in [5.41, 5.74) is 0.773. The molecule has 2 aliphatic rings. The number of morpholine rings is 1. The van der Waals surface area contributed by atoms with Crippen LogP contribution in [0.1, 0.15) is 37.9 Å². The molecule has 7 heteroatoms. The Bertz CT molecular complexity index is 610. The smallest absolute Gasteiger partial charge is 0.317 e. The number of rotatable bonds is 4. The highest BCUT2D eigenvalue weighted by molar-refractivity contribution is 6.30. The number of hydrogen-bond donors (Lipinski definition) is 1. The Kier molecular flexibility index (Phi) is 6.15. The van der Waals surface area contributed by atoms with Crippen molar-refractivity contribution in [2.45, 2.75) is 44.4 Å². The first kappa shape index (κ1) is 18.4. The minimum Gasteiger partial charge on any atom is -0.376 e. The second kappa shape index (κ2) is 8.34. The fourth-order valence-corrected chi connectivity index (χ4v) is 3.56. The van der Waals surface area contributed by atoms with E-state index in [0.717, 1.165) is 31.4 Å². The number of carbonyl (C=O) groups excluding carboxylic acids is 1. The number of nitrogens with zero attached hydrogens (tertiary/aromatic N) is 1. The van der Waals surface area contributed by atoms with Gasteiger partial charge in [-0.15, -0.1) is 0 Å². The molecule has 138 valence electrons. The first-order valence-corrected chi connectivity index (χ1v) is 9.20. The van der Waals surface area contributed by atoms with Crippen LogP contribution in [0.15, 0.2) is 18.2 Å². The summed E-state index contributed by atoms with van der Waals surface area (Å²) in [6.07, 6.45) is 2.65. The predicted octanol–water partition coefficient (Wildman–Crippen LogP) is 3.52. The van der Waals surface area contributed by atoms with Crippen molar-refractivity contribution in [1.82, 2.24) is 10.2 Å². The second-order valence-corrected chi connectivity index (χ2v) is 6.90. The lowest BCUT2D eigenvalue weighted by atomic mass is 10.1. The summed E-state index contributed by atoms with van der Waals surface area (Å²) in [4.78, 5) is 14.4. The molecule has 0 saturated carbocycles. The topological polar surface area (TPSA) is 50.8 Å². The molecule has 1 aromatic rings. The van der Waals surface area contributed by atoms with Gasteiger partial charge in [0.25, 0.3) is 0 Å². The molecule has 0 bridgehead atoms. The van der Waals surface area contributed by atoms with Crippen molar-refractivity contribution in [2.75, 3.05) is 26.3 Å². The van der Waals surface area contributed by atoms with Crippen molar-refractivity contribution in [3.05, 3.63) is 34.6 Å². The quantitative estimate of drug-likeness (QED) is 0.882. The molecule has 1 aromatic carbocycles. The van der Waals surface area contributed by atoms with Crippen LogP contribution in [0.2, 0.25) is 5.02 Å². The van der Waals surface area contributed by atoms with Crippen LogP contribution in [-0.2, 0) is 9.47 Å². The van der Waals surface area contributed by atoms with Crippen LogP contribution in [0.25, 0.3) is 0 Å². The Morgan fingerprint density at radius 3 is 2.96 bits per heavy atom. The number of halogens is 2.